The molecule has 0 bridgehead atoms. The lowest BCUT2D eigenvalue weighted by molar-refractivity contribution is 0.0523. The van der Waals surface area contributed by atoms with Crippen LogP contribution < -0.4 is 10.5 Å². The molecule has 1 aromatic heterocycles. The summed E-state index contributed by atoms with van der Waals surface area (Å²) in [6.07, 6.45) is 1.29. The lowest BCUT2D eigenvalue weighted by atomic mass is 10.2. The molecule has 1 aromatic carbocycles. The minimum atomic E-state index is -0.643. The number of hydrogen-bond donors (Lipinski definition) is 1. The van der Waals surface area contributed by atoms with Gasteiger partial charge >= 0.3 is 5.97 Å². The second-order valence-corrected chi connectivity index (χ2v) is 5.92. The number of nitrogens with zero attached hydrogens (tertiary/aromatic N) is 3. The normalized spacial score (nSPS) is 15.2. The van der Waals surface area contributed by atoms with Gasteiger partial charge in [-0.05, 0) is 12.5 Å². The maximum Gasteiger partial charge on any atom is 0.345 e. The highest BCUT2D eigenvalue weighted by Crippen LogP contribution is 2.12. The number of esters is 1. The van der Waals surface area contributed by atoms with Gasteiger partial charge in [0.15, 0.2) is 0 Å². The van der Waals surface area contributed by atoms with Crippen LogP contribution in [0.4, 0.5) is 5.95 Å². The van der Waals surface area contributed by atoms with Crippen LogP contribution in [-0.2, 0) is 11.3 Å². The summed E-state index contributed by atoms with van der Waals surface area (Å²) in [7, 11) is 0. The second kappa shape index (κ2) is 7.94. The summed E-state index contributed by atoms with van der Waals surface area (Å²) in [5.41, 5.74) is 0.768. The average molecular weight is 342 g/mol. The Balaban J connectivity index is 1.60. The number of hydrogen-bond acceptors (Lipinski definition) is 6. The molecule has 25 heavy (non-hydrogen) atoms. The fourth-order valence-corrected chi connectivity index (χ4v) is 2.86. The summed E-state index contributed by atoms with van der Waals surface area (Å²) in [5.74, 6) is -0.145. The Bertz CT molecular complexity index is 767. The van der Waals surface area contributed by atoms with Crippen LogP contribution in [0.5, 0.6) is 0 Å². The van der Waals surface area contributed by atoms with Gasteiger partial charge in [0.1, 0.15) is 5.56 Å². The molecule has 1 N–H and O–H groups in total. The van der Waals surface area contributed by atoms with Crippen molar-refractivity contribution in [3.05, 3.63) is 58.0 Å². The van der Waals surface area contributed by atoms with Gasteiger partial charge in [0, 0.05) is 32.7 Å². The van der Waals surface area contributed by atoms with Crippen LogP contribution in [0.25, 0.3) is 0 Å². The molecule has 3 rings (SSSR count). The zero-order valence-corrected chi connectivity index (χ0v) is 14.3. The van der Waals surface area contributed by atoms with E-state index < -0.39 is 11.5 Å². The SMILES string of the molecule is CCOC(=O)c1cnc(N2CCN(Cc3ccccc3)CC2)[nH]c1=O. The van der Waals surface area contributed by atoms with Crippen LogP contribution in [0, 0.1) is 0 Å². The first-order chi connectivity index (χ1) is 12.2. The predicted octanol–water partition coefficient (Wildman–Crippen LogP) is 1.27. The number of carbonyl (C=O) groups excluding carboxylic acids is 1. The van der Waals surface area contributed by atoms with Crippen molar-refractivity contribution in [2.24, 2.45) is 0 Å². The van der Waals surface area contributed by atoms with Crippen molar-refractivity contribution in [2.45, 2.75) is 13.5 Å². The van der Waals surface area contributed by atoms with Crippen LogP contribution in [0.3, 0.4) is 0 Å². The van der Waals surface area contributed by atoms with Crippen molar-refractivity contribution in [1.82, 2.24) is 14.9 Å². The number of nitrogens with one attached hydrogen (secondary N) is 1. The molecule has 0 unspecified atom stereocenters. The molecule has 7 nitrogen and oxygen atoms in total. The molecule has 1 aliphatic heterocycles. The molecule has 0 spiro atoms. The van der Waals surface area contributed by atoms with Crippen molar-refractivity contribution < 1.29 is 9.53 Å². The lowest BCUT2D eigenvalue weighted by Crippen LogP contribution is -2.47. The Morgan fingerprint density at radius 2 is 1.92 bits per heavy atom. The molecular formula is C18H22N4O3. The number of piperazine rings is 1. The van der Waals surface area contributed by atoms with Gasteiger partial charge in [-0.25, -0.2) is 9.78 Å². The fourth-order valence-electron chi connectivity index (χ4n) is 2.86. The second-order valence-electron chi connectivity index (χ2n) is 5.92. The molecule has 1 saturated heterocycles. The summed E-state index contributed by atoms with van der Waals surface area (Å²) in [6, 6.07) is 10.4. The maximum absolute atomic E-state index is 12.1. The van der Waals surface area contributed by atoms with Gasteiger partial charge in [-0.1, -0.05) is 30.3 Å². The average Bonchev–Trinajstić information content (AvgIpc) is 2.63. The smallest absolute Gasteiger partial charge is 0.345 e. The molecule has 132 valence electrons. The predicted molar refractivity (Wildman–Crippen MR) is 94.7 cm³/mol. The standard InChI is InChI=1S/C18H22N4O3/c1-2-25-17(24)15-12-19-18(20-16(15)23)22-10-8-21(9-11-22)13-14-6-4-3-5-7-14/h3-7,12H,2,8-11,13H2,1H3,(H,19,20,23). The van der Waals surface area contributed by atoms with E-state index in [0.29, 0.717) is 5.95 Å². The van der Waals surface area contributed by atoms with E-state index in [4.69, 9.17) is 4.74 Å². The van der Waals surface area contributed by atoms with Crippen molar-refractivity contribution in [2.75, 3.05) is 37.7 Å². The Morgan fingerprint density at radius 3 is 2.56 bits per heavy atom. The van der Waals surface area contributed by atoms with E-state index in [-0.39, 0.29) is 12.2 Å². The van der Waals surface area contributed by atoms with Crippen molar-refractivity contribution >= 4 is 11.9 Å². The van der Waals surface area contributed by atoms with Crippen LogP contribution in [-0.4, -0.2) is 53.6 Å². The molecule has 7 heteroatoms. The summed E-state index contributed by atoms with van der Waals surface area (Å²) in [4.78, 5) is 35.1. The van der Waals surface area contributed by atoms with E-state index in [1.807, 2.05) is 23.1 Å². The molecule has 1 aliphatic rings. The lowest BCUT2D eigenvalue weighted by Gasteiger charge is -2.34. The van der Waals surface area contributed by atoms with E-state index in [1.165, 1.54) is 11.8 Å². The topological polar surface area (TPSA) is 78.5 Å². The van der Waals surface area contributed by atoms with E-state index in [1.54, 1.807) is 6.92 Å². The van der Waals surface area contributed by atoms with E-state index in [9.17, 15) is 9.59 Å². The third kappa shape index (κ3) is 4.24. The Hall–Kier alpha value is -2.67. The number of anilines is 1. The summed E-state index contributed by atoms with van der Waals surface area (Å²) < 4.78 is 4.85. The largest absolute Gasteiger partial charge is 0.462 e. The Kier molecular flexibility index (Phi) is 5.45. The monoisotopic (exact) mass is 342 g/mol. The van der Waals surface area contributed by atoms with E-state index in [0.717, 1.165) is 32.7 Å². The molecule has 1 fully saturated rings. The van der Waals surface area contributed by atoms with Crippen molar-refractivity contribution in [3.63, 3.8) is 0 Å². The van der Waals surface area contributed by atoms with Crippen LogP contribution in [0.15, 0.2) is 41.3 Å². The van der Waals surface area contributed by atoms with E-state index in [2.05, 4.69) is 27.0 Å². The first-order valence-electron chi connectivity index (χ1n) is 8.45. The molecule has 2 heterocycles. The van der Waals surface area contributed by atoms with Gasteiger partial charge in [-0.15, -0.1) is 0 Å². The van der Waals surface area contributed by atoms with Gasteiger partial charge in [-0.2, -0.15) is 0 Å². The number of H-pyrrole nitrogens is 1. The van der Waals surface area contributed by atoms with Gasteiger partial charge in [0.25, 0.3) is 5.56 Å². The summed E-state index contributed by atoms with van der Waals surface area (Å²) >= 11 is 0. The maximum atomic E-state index is 12.1. The first kappa shape index (κ1) is 17.2. The van der Waals surface area contributed by atoms with Gasteiger partial charge in [-0.3, -0.25) is 14.7 Å². The highest BCUT2D eigenvalue weighted by atomic mass is 16.5. The zero-order valence-electron chi connectivity index (χ0n) is 14.3. The van der Waals surface area contributed by atoms with E-state index >= 15 is 0 Å². The minimum absolute atomic E-state index is 0.0617. The Labute approximate surface area is 146 Å². The first-order valence-corrected chi connectivity index (χ1v) is 8.45. The molecule has 0 aliphatic carbocycles. The number of rotatable bonds is 5. The minimum Gasteiger partial charge on any atom is -0.462 e. The quantitative estimate of drug-likeness (QED) is 0.825. The molecule has 0 saturated carbocycles. The van der Waals surface area contributed by atoms with Crippen LogP contribution in [0.1, 0.15) is 22.8 Å². The summed E-state index contributed by atoms with van der Waals surface area (Å²) in [6.45, 7) is 6.16. The summed E-state index contributed by atoms with van der Waals surface area (Å²) in [5, 5.41) is 0. The molecule has 0 atom stereocenters. The van der Waals surface area contributed by atoms with Crippen molar-refractivity contribution in [3.8, 4) is 0 Å². The number of aromatic amines is 1. The number of aromatic nitrogens is 2. The van der Waals surface area contributed by atoms with Crippen molar-refractivity contribution in [1.29, 1.82) is 0 Å². The number of carbonyl (C=O) groups is 1. The molecule has 0 radical (unpaired) electrons. The van der Waals surface area contributed by atoms with Gasteiger partial charge in [0.05, 0.1) is 12.8 Å². The molecular weight excluding hydrogens is 320 g/mol. The highest BCUT2D eigenvalue weighted by molar-refractivity contribution is 5.88. The molecule has 2 aromatic rings. The number of benzene rings is 1. The third-order valence-electron chi connectivity index (χ3n) is 4.20. The molecule has 0 amide bonds. The number of ether oxygens (including phenoxy) is 1. The van der Waals surface area contributed by atoms with Crippen LogP contribution >= 0.6 is 0 Å². The highest BCUT2D eigenvalue weighted by Gasteiger charge is 2.20. The van der Waals surface area contributed by atoms with Gasteiger partial charge < -0.3 is 9.64 Å². The Morgan fingerprint density at radius 1 is 1.20 bits per heavy atom. The fraction of sp³-hybridized carbons (Fsp3) is 0.389. The van der Waals surface area contributed by atoms with Crippen LogP contribution in [0.2, 0.25) is 0 Å². The zero-order chi connectivity index (χ0) is 17.6. The third-order valence-corrected chi connectivity index (χ3v) is 4.20. The van der Waals surface area contributed by atoms with Gasteiger partial charge in [0.2, 0.25) is 5.95 Å².